The number of hydrogen-bond acceptors (Lipinski definition) is 2. The van der Waals surface area contributed by atoms with Crippen LogP contribution < -0.4 is 5.32 Å². The molecule has 0 saturated heterocycles. The first kappa shape index (κ1) is 14.1. The fourth-order valence-electron chi connectivity index (χ4n) is 2.49. The van der Waals surface area contributed by atoms with Gasteiger partial charge < -0.3 is 9.88 Å². The Morgan fingerprint density at radius 1 is 1.19 bits per heavy atom. The number of imidazole rings is 1. The average Bonchev–Trinajstić information content (AvgIpc) is 2.82. The maximum Gasteiger partial charge on any atom is 0.123 e. The lowest BCUT2D eigenvalue weighted by Crippen LogP contribution is -2.20. The van der Waals surface area contributed by atoms with Crippen LogP contribution in [0.1, 0.15) is 24.4 Å². The zero-order valence-corrected chi connectivity index (χ0v) is 12.9. The highest BCUT2D eigenvalue weighted by molar-refractivity contribution is 6.30. The maximum absolute atomic E-state index is 6.04. The summed E-state index contributed by atoms with van der Waals surface area (Å²) in [6.45, 7) is 2.85. The molecule has 21 heavy (non-hydrogen) atoms. The number of halogens is 1. The minimum absolute atomic E-state index is 0.225. The zero-order chi connectivity index (χ0) is 14.8. The Morgan fingerprint density at radius 2 is 2.00 bits per heavy atom. The summed E-state index contributed by atoms with van der Waals surface area (Å²) in [5, 5.41) is 4.27. The molecule has 1 aromatic heterocycles. The Labute approximate surface area is 129 Å². The molecule has 4 heteroatoms. The maximum atomic E-state index is 6.04. The van der Waals surface area contributed by atoms with Gasteiger partial charge in [0.1, 0.15) is 5.82 Å². The molecule has 1 heterocycles. The minimum Gasteiger partial charge on any atom is -0.330 e. The SMILES string of the molecule is CC(NCc1nc2ccccc2n1C)c1cccc(Cl)c1. The summed E-state index contributed by atoms with van der Waals surface area (Å²) in [4.78, 5) is 4.67. The third-order valence-electron chi connectivity index (χ3n) is 3.79. The van der Waals surface area contributed by atoms with Gasteiger partial charge in [0, 0.05) is 18.1 Å². The van der Waals surface area contributed by atoms with E-state index in [1.54, 1.807) is 0 Å². The van der Waals surface area contributed by atoms with Crippen molar-refractivity contribution in [3.8, 4) is 0 Å². The molecule has 0 aliphatic rings. The molecule has 0 spiro atoms. The highest BCUT2D eigenvalue weighted by Crippen LogP contribution is 2.19. The van der Waals surface area contributed by atoms with E-state index < -0.39 is 0 Å². The lowest BCUT2D eigenvalue weighted by atomic mass is 10.1. The van der Waals surface area contributed by atoms with Gasteiger partial charge in [0.25, 0.3) is 0 Å². The van der Waals surface area contributed by atoms with Crippen LogP contribution in [-0.4, -0.2) is 9.55 Å². The average molecular weight is 300 g/mol. The molecule has 3 nitrogen and oxygen atoms in total. The van der Waals surface area contributed by atoms with E-state index in [2.05, 4.69) is 41.0 Å². The van der Waals surface area contributed by atoms with Crippen LogP contribution in [-0.2, 0) is 13.6 Å². The highest BCUT2D eigenvalue weighted by atomic mass is 35.5. The Morgan fingerprint density at radius 3 is 2.76 bits per heavy atom. The van der Waals surface area contributed by atoms with Gasteiger partial charge in [-0.1, -0.05) is 35.9 Å². The number of para-hydroxylation sites is 2. The normalized spacial score (nSPS) is 12.7. The van der Waals surface area contributed by atoms with Gasteiger partial charge in [0.05, 0.1) is 17.6 Å². The van der Waals surface area contributed by atoms with Gasteiger partial charge in [0.2, 0.25) is 0 Å². The molecule has 0 saturated carbocycles. The Kier molecular flexibility index (Phi) is 3.95. The molecule has 0 fully saturated rings. The third-order valence-corrected chi connectivity index (χ3v) is 4.03. The van der Waals surface area contributed by atoms with Gasteiger partial charge in [-0.2, -0.15) is 0 Å². The number of nitrogens with zero attached hydrogens (tertiary/aromatic N) is 2. The summed E-state index contributed by atoms with van der Waals surface area (Å²) in [6.07, 6.45) is 0. The van der Waals surface area contributed by atoms with Crippen LogP contribution in [0, 0.1) is 0 Å². The first-order valence-corrected chi connectivity index (χ1v) is 7.42. The van der Waals surface area contributed by atoms with Crippen LogP contribution in [0.15, 0.2) is 48.5 Å². The van der Waals surface area contributed by atoms with Crippen LogP contribution >= 0.6 is 11.6 Å². The molecule has 1 atom stereocenters. The molecule has 0 aliphatic heterocycles. The largest absolute Gasteiger partial charge is 0.330 e. The van der Waals surface area contributed by atoms with Gasteiger partial charge in [-0.25, -0.2) is 4.98 Å². The van der Waals surface area contributed by atoms with Crippen molar-refractivity contribution in [3.63, 3.8) is 0 Å². The molecular weight excluding hydrogens is 282 g/mol. The molecule has 2 aromatic carbocycles. The number of aromatic nitrogens is 2. The van der Waals surface area contributed by atoms with E-state index >= 15 is 0 Å². The molecule has 108 valence electrons. The van der Waals surface area contributed by atoms with E-state index in [9.17, 15) is 0 Å². The summed E-state index contributed by atoms with van der Waals surface area (Å²) >= 11 is 6.04. The number of fused-ring (bicyclic) bond motifs is 1. The van der Waals surface area contributed by atoms with E-state index in [0.29, 0.717) is 0 Å². The summed E-state index contributed by atoms with van der Waals surface area (Å²) in [5.41, 5.74) is 3.37. The first-order chi connectivity index (χ1) is 10.1. The molecule has 0 radical (unpaired) electrons. The van der Waals surface area contributed by atoms with E-state index in [1.807, 2.05) is 36.4 Å². The summed E-state index contributed by atoms with van der Waals surface area (Å²) in [5.74, 6) is 1.03. The minimum atomic E-state index is 0.225. The number of benzene rings is 2. The fraction of sp³-hybridized carbons (Fsp3) is 0.235. The van der Waals surface area contributed by atoms with Crippen LogP contribution in [0.3, 0.4) is 0 Å². The summed E-state index contributed by atoms with van der Waals surface area (Å²) in [6, 6.07) is 16.4. The lowest BCUT2D eigenvalue weighted by Gasteiger charge is -2.14. The molecule has 0 aliphatic carbocycles. The first-order valence-electron chi connectivity index (χ1n) is 7.04. The molecule has 3 aromatic rings. The smallest absolute Gasteiger partial charge is 0.123 e. The van der Waals surface area contributed by atoms with E-state index in [0.717, 1.165) is 28.4 Å². The predicted molar refractivity (Wildman–Crippen MR) is 87.4 cm³/mol. The van der Waals surface area contributed by atoms with Crippen molar-refractivity contribution < 1.29 is 0 Å². The number of nitrogens with one attached hydrogen (secondary N) is 1. The molecule has 0 bridgehead atoms. The van der Waals surface area contributed by atoms with Crippen molar-refractivity contribution in [1.82, 2.24) is 14.9 Å². The Hall–Kier alpha value is -1.84. The Bertz CT molecular complexity index is 764. The van der Waals surface area contributed by atoms with Crippen molar-refractivity contribution in [2.24, 2.45) is 7.05 Å². The fourth-order valence-corrected chi connectivity index (χ4v) is 2.69. The second kappa shape index (κ2) is 5.88. The molecule has 1 unspecified atom stereocenters. The van der Waals surface area contributed by atoms with Crippen molar-refractivity contribution in [2.75, 3.05) is 0 Å². The third kappa shape index (κ3) is 2.94. The van der Waals surface area contributed by atoms with Crippen molar-refractivity contribution in [1.29, 1.82) is 0 Å². The molecule has 3 rings (SSSR count). The standard InChI is InChI=1S/C17H18ClN3/c1-12(13-6-5-7-14(18)10-13)19-11-17-20-15-8-3-4-9-16(15)21(17)2/h3-10,12,19H,11H2,1-2H3. The quantitative estimate of drug-likeness (QED) is 0.787. The topological polar surface area (TPSA) is 29.9 Å². The van der Waals surface area contributed by atoms with Gasteiger partial charge in [0.15, 0.2) is 0 Å². The van der Waals surface area contributed by atoms with Crippen LogP contribution in [0.4, 0.5) is 0 Å². The van der Waals surface area contributed by atoms with E-state index in [-0.39, 0.29) is 6.04 Å². The molecular formula is C17H18ClN3. The second-order valence-corrected chi connectivity index (χ2v) is 5.67. The van der Waals surface area contributed by atoms with E-state index in [1.165, 1.54) is 5.56 Å². The number of hydrogen-bond donors (Lipinski definition) is 1. The number of aryl methyl sites for hydroxylation is 1. The van der Waals surface area contributed by atoms with Gasteiger partial charge >= 0.3 is 0 Å². The summed E-state index contributed by atoms with van der Waals surface area (Å²) < 4.78 is 2.13. The monoisotopic (exact) mass is 299 g/mol. The van der Waals surface area contributed by atoms with Crippen LogP contribution in [0.5, 0.6) is 0 Å². The number of rotatable bonds is 4. The van der Waals surface area contributed by atoms with Crippen molar-refractivity contribution in [3.05, 3.63) is 64.9 Å². The van der Waals surface area contributed by atoms with Gasteiger partial charge in [-0.3, -0.25) is 0 Å². The van der Waals surface area contributed by atoms with Gasteiger partial charge in [-0.05, 0) is 36.8 Å². The van der Waals surface area contributed by atoms with Crippen LogP contribution in [0.25, 0.3) is 11.0 Å². The Balaban J connectivity index is 1.75. The van der Waals surface area contributed by atoms with Crippen molar-refractivity contribution in [2.45, 2.75) is 19.5 Å². The van der Waals surface area contributed by atoms with Crippen LogP contribution in [0.2, 0.25) is 5.02 Å². The zero-order valence-electron chi connectivity index (χ0n) is 12.2. The molecule has 1 N–H and O–H groups in total. The van der Waals surface area contributed by atoms with Gasteiger partial charge in [-0.15, -0.1) is 0 Å². The van der Waals surface area contributed by atoms with Crippen molar-refractivity contribution >= 4 is 22.6 Å². The lowest BCUT2D eigenvalue weighted by molar-refractivity contribution is 0.551. The molecule has 0 amide bonds. The highest BCUT2D eigenvalue weighted by Gasteiger charge is 2.10. The predicted octanol–water partition coefficient (Wildman–Crippen LogP) is 4.08. The van der Waals surface area contributed by atoms with E-state index in [4.69, 9.17) is 11.6 Å². The summed E-state index contributed by atoms with van der Waals surface area (Å²) in [7, 11) is 2.05. The second-order valence-electron chi connectivity index (χ2n) is 5.23.